The number of aliphatic hydroxyl groups excluding tert-OH is 1. The average Bonchev–Trinajstić information content (AvgIpc) is 3.03. The Balaban J connectivity index is 1.81. The van der Waals surface area contributed by atoms with E-state index in [0.29, 0.717) is 25.7 Å². The molecule has 0 aliphatic carbocycles. The van der Waals surface area contributed by atoms with Crippen LogP contribution in [0.3, 0.4) is 0 Å². The maximum atomic E-state index is 12.5. The third-order valence-corrected chi connectivity index (χ3v) is 6.85. The highest BCUT2D eigenvalue weighted by atomic mass is 35.5. The number of likely N-dealkylation sites (tertiary alicyclic amines) is 1. The van der Waals surface area contributed by atoms with Crippen LogP contribution in [0.1, 0.15) is 70.3 Å². The zero-order valence-electron chi connectivity index (χ0n) is 16.6. The molecule has 28 heavy (non-hydrogen) atoms. The Morgan fingerprint density at radius 1 is 1.36 bits per heavy atom. The number of hydrogen-bond donors (Lipinski definition) is 2. The quantitative estimate of drug-likeness (QED) is 0.470. The molecule has 3 atom stereocenters. The van der Waals surface area contributed by atoms with E-state index >= 15 is 0 Å². The van der Waals surface area contributed by atoms with E-state index in [-0.39, 0.29) is 24.3 Å². The first-order valence-corrected chi connectivity index (χ1v) is 11.6. The van der Waals surface area contributed by atoms with Gasteiger partial charge < -0.3 is 15.1 Å². The predicted octanol–water partition coefficient (Wildman–Crippen LogP) is 4.75. The van der Waals surface area contributed by atoms with Crippen molar-refractivity contribution in [3.63, 3.8) is 0 Å². The molecule has 1 amide bonds. The molecule has 0 spiro atoms. The van der Waals surface area contributed by atoms with Crippen LogP contribution in [0.5, 0.6) is 0 Å². The Hall–Kier alpha value is -1.11. The molecule has 1 aliphatic rings. The molecule has 0 bridgehead atoms. The van der Waals surface area contributed by atoms with E-state index in [2.05, 4.69) is 6.92 Å². The molecule has 1 unspecified atom stereocenters. The smallest absolute Gasteiger partial charge is 0.303 e. The van der Waals surface area contributed by atoms with Crippen molar-refractivity contribution in [1.29, 1.82) is 0 Å². The Bertz CT molecular complexity index is 636. The van der Waals surface area contributed by atoms with Crippen molar-refractivity contribution in [3.8, 4) is 0 Å². The van der Waals surface area contributed by atoms with Gasteiger partial charge in [0.05, 0.1) is 10.4 Å². The number of halogens is 1. The summed E-state index contributed by atoms with van der Waals surface area (Å²) in [6, 6.07) is 2.13. The molecule has 0 aromatic carbocycles. The van der Waals surface area contributed by atoms with Gasteiger partial charge in [-0.1, -0.05) is 31.4 Å². The van der Waals surface area contributed by atoms with Gasteiger partial charge in [-0.05, 0) is 55.0 Å². The molecule has 0 radical (unpaired) electrons. The van der Waals surface area contributed by atoms with Crippen molar-refractivity contribution in [1.82, 2.24) is 4.90 Å². The molecule has 1 aromatic rings. The summed E-state index contributed by atoms with van der Waals surface area (Å²) in [6.07, 6.45) is 6.89. The molecule has 1 fully saturated rings. The number of thiophene rings is 1. The summed E-state index contributed by atoms with van der Waals surface area (Å²) in [5, 5.41) is 21.1. The highest BCUT2D eigenvalue weighted by molar-refractivity contribution is 7.14. The fourth-order valence-electron chi connectivity index (χ4n) is 4.13. The van der Waals surface area contributed by atoms with Gasteiger partial charge in [-0.2, -0.15) is 0 Å². The summed E-state index contributed by atoms with van der Waals surface area (Å²) >= 11 is 7.62. The molecule has 1 saturated heterocycles. The summed E-state index contributed by atoms with van der Waals surface area (Å²) in [6.45, 7) is 2.86. The van der Waals surface area contributed by atoms with E-state index in [9.17, 15) is 14.7 Å². The lowest BCUT2D eigenvalue weighted by atomic mass is 9.86. The molecule has 1 aromatic heterocycles. The number of unbranched alkanes of at least 4 members (excludes halogenated alkanes) is 3. The first-order chi connectivity index (χ1) is 13.4. The normalized spacial score (nSPS) is 19.6. The number of hydrogen-bond acceptors (Lipinski definition) is 4. The number of carbonyl (C=O) groups is 2. The fraction of sp³-hybridized carbons (Fsp3) is 0.714. The van der Waals surface area contributed by atoms with Gasteiger partial charge in [0.1, 0.15) is 0 Å². The van der Waals surface area contributed by atoms with Gasteiger partial charge in [-0.3, -0.25) is 9.59 Å². The van der Waals surface area contributed by atoms with Crippen molar-refractivity contribution < 1.29 is 19.8 Å². The molecule has 7 heteroatoms. The molecule has 2 N–H and O–H groups in total. The molecule has 2 rings (SSSR count). The first kappa shape index (κ1) is 23.2. The minimum absolute atomic E-state index is 0.174. The van der Waals surface area contributed by atoms with E-state index in [0.717, 1.165) is 48.5 Å². The van der Waals surface area contributed by atoms with E-state index in [1.54, 1.807) is 0 Å². The first-order valence-electron chi connectivity index (χ1n) is 10.3. The van der Waals surface area contributed by atoms with Crippen LogP contribution >= 0.6 is 22.9 Å². The Morgan fingerprint density at radius 3 is 2.79 bits per heavy atom. The summed E-state index contributed by atoms with van der Waals surface area (Å²) in [5.41, 5.74) is 0.990. The number of carbonyl (C=O) groups excluding carboxylic acids is 1. The van der Waals surface area contributed by atoms with Crippen molar-refractivity contribution in [2.45, 2.75) is 83.3 Å². The van der Waals surface area contributed by atoms with Crippen molar-refractivity contribution in [3.05, 3.63) is 21.3 Å². The molecular weight excluding hydrogens is 398 g/mol. The second kappa shape index (κ2) is 11.8. The van der Waals surface area contributed by atoms with Gasteiger partial charge in [0.25, 0.3) is 0 Å². The fourth-order valence-corrected chi connectivity index (χ4v) is 5.08. The topological polar surface area (TPSA) is 77.8 Å². The second-order valence-corrected chi connectivity index (χ2v) is 9.41. The van der Waals surface area contributed by atoms with Crippen molar-refractivity contribution in [2.75, 3.05) is 6.54 Å². The van der Waals surface area contributed by atoms with Crippen LogP contribution in [-0.2, 0) is 16.0 Å². The van der Waals surface area contributed by atoms with Crippen molar-refractivity contribution >= 4 is 34.8 Å². The molecule has 158 valence electrons. The number of aliphatic carboxylic acids is 1. The van der Waals surface area contributed by atoms with Gasteiger partial charge in [0, 0.05) is 31.8 Å². The lowest BCUT2D eigenvalue weighted by Gasteiger charge is -2.40. The third kappa shape index (κ3) is 7.37. The zero-order valence-corrected chi connectivity index (χ0v) is 18.2. The van der Waals surface area contributed by atoms with Gasteiger partial charge in [0.15, 0.2) is 0 Å². The number of aliphatic hydroxyl groups is 1. The number of nitrogens with zero attached hydrogens (tertiary/aromatic N) is 1. The van der Waals surface area contributed by atoms with Crippen LogP contribution in [0.15, 0.2) is 11.4 Å². The Labute approximate surface area is 176 Å². The highest BCUT2D eigenvalue weighted by Crippen LogP contribution is 2.29. The molecule has 2 heterocycles. The molecule has 5 nitrogen and oxygen atoms in total. The molecular formula is C21H32ClNO4S. The van der Waals surface area contributed by atoms with Gasteiger partial charge >= 0.3 is 5.97 Å². The van der Waals surface area contributed by atoms with E-state index < -0.39 is 12.1 Å². The standard InChI is InChI=1S/C21H32ClNO4S/c1-15(13-17(24)14-16-10-12-28-21(16)22)18-7-6-8-19(25)23(18)11-5-3-2-4-9-20(26)27/h10,12,15,17-18,24H,2-9,11,13-14H2,1H3,(H,26,27)/t15-,17?,18+/m0/s1. The lowest BCUT2D eigenvalue weighted by molar-refractivity contribution is -0.138. The maximum absolute atomic E-state index is 12.5. The van der Waals surface area contributed by atoms with Crippen LogP contribution in [-0.4, -0.2) is 45.7 Å². The monoisotopic (exact) mass is 429 g/mol. The third-order valence-electron chi connectivity index (χ3n) is 5.60. The number of amides is 1. The van der Waals surface area contributed by atoms with E-state index in [1.165, 1.54) is 11.3 Å². The van der Waals surface area contributed by atoms with Crippen LogP contribution in [0.25, 0.3) is 0 Å². The van der Waals surface area contributed by atoms with Crippen LogP contribution < -0.4 is 0 Å². The van der Waals surface area contributed by atoms with Crippen molar-refractivity contribution in [2.24, 2.45) is 5.92 Å². The number of rotatable bonds is 12. The van der Waals surface area contributed by atoms with E-state index in [1.807, 2.05) is 16.3 Å². The van der Waals surface area contributed by atoms with Gasteiger partial charge in [-0.15, -0.1) is 11.3 Å². The Kier molecular flexibility index (Phi) is 9.75. The molecule has 0 saturated carbocycles. The minimum atomic E-state index is -0.748. The predicted molar refractivity (Wildman–Crippen MR) is 113 cm³/mol. The lowest BCUT2D eigenvalue weighted by Crippen LogP contribution is -2.48. The summed E-state index contributed by atoms with van der Waals surface area (Å²) < 4.78 is 0.740. The number of piperidine rings is 1. The van der Waals surface area contributed by atoms with Crippen LogP contribution in [0.4, 0.5) is 0 Å². The van der Waals surface area contributed by atoms with Gasteiger partial charge in [-0.25, -0.2) is 0 Å². The highest BCUT2D eigenvalue weighted by Gasteiger charge is 2.32. The van der Waals surface area contributed by atoms with E-state index in [4.69, 9.17) is 16.7 Å². The largest absolute Gasteiger partial charge is 0.481 e. The zero-order chi connectivity index (χ0) is 20.5. The number of carboxylic acid groups (broad SMARTS) is 1. The average molecular weight is 430 g/mol. The Morgan fingerprint density at radius 2 is 2.11 bits per heavy atom. The van der Waals surface area contributed by atoms with Crippen LogP contribution in [0, 0.1) is 5.92 Å². The molecule has 1 aliphatic heterocycles. The summed E-state index contributed by atoms with van der Waals surface area (Å²) in [7, 11) is 0. The maximum Gasteiger partial charge on any atom is 0.303 e. The summed E-state index contributed by atoms with van der Waals surface area (Å²) in [5.74, 6) is -0.310. The minimum Gasteiger partial charge on any atom is -0.481 e. The second-order valence-electron chi connectivity index (χ2n) is 7.90. The summed E-state index contributed by atoms with van der Waals surface area (Å²) in [4.78, 5) is 25.1. The van der Waals surface area contributed by atoms with Crippen LogP contribution in [0.2, 0.25) is 4.34 Å². The number of carboxylic acids is 1. The SMILES string of the molecule is C[C@@H](CC(O)Cc1ccsc1Cl)[C@H]1CCCC(=O)N1CCCCCCC(=O)O. The van der Waals surface area contributed by atoms with Gasteiger partial charge in [0.2, 0.25) is 5.91 Å².